The number of rotatable bonds is 7. The number of methoxy groups -OCH3 is 2. The fourth-order valence-electron chi connectivity index (χ4n) is 2.17. The summed E-state index contributed by atoms with van der Waals surface area (Å²) < 4.78 is 20.9. The second-order valence-electron chi connectivity index (χ2n) is 4.71. The second-order valence-corrected chi connectivity index (χ2v) is 4.71. The van der Waals surface area contributed by atoms with Crippen LogP contribution in [-0.2, 0) is 14.2 Å². The van der Waals surface area contributed by atoms with Gasteiger partial charge < -0.3 is 24.3 Å². The number of anilines is 1. The highest BCUT2D eigenvalue weighted by atomic mass is 16.5. The van der Waals surface area contributed by atoms with Crippen molar-refractivity contribution in [3.8, 4) is 5.75 Å². The lowest BCUT2D eigenvalue weighted by Gasteiger charge is -2.22. The predicted molar refractivity (Wildman–Crippen MR) is 78.2 cm³/mol. The summed E-state index contributed by atoms with van der Waals surface area (Å²) >= 11 is 0. The average Bonchev–Trinajstić information content (AvgIpc) is 2.58. The molecule has 1 aromatic rings. The lowest BCUT2D eigenvalue weighted by Crippen LogP contribution is -2.25. The van der Waals surface area contributed by atoms with E-state index < -0.39 is 5.97 Å². The van der Waals surface area contributed by atoms with Crippen LogP contribution in [0.15, 0.2) is 6.33 Å². The minimum atomic E-state index is -0.569. The molecular formula is C14H21N3O5. The third-order valence-electron chi connectivity index (χ3n) is 3.30. The molecule has 1 aromatic heterocycles. The van der Waals surface area contributed by atoms with Crippen molar-refractivity contribution < 1.29 is 23.7 Å². The Morgan fingerprint density at radius 3 is 2.82 bits per heavy atom. The molecule has 0 saturated carbocycles. The van der Waals surface area contributed by atoms with E-state index in [0.717, 1.165) is 26.1 Å². The molecule has 8 nitrogen and oxygen atoms in total. The van der Waals surface area contributed by atoms with Gasteiger partial charge in [0.05, 0.1) is 26.9 Å². The zero-order chi connectivity index (χ0) is 15.8. The maximum atomic E-state index is 11.6. The first kappa shape index (κ1) is 16.4. The molecule has 1 fully saturated rings. The predicted octanol–water partition coefficient (Wildman–Crippen LogP) is 0.879. The van der Waals surface area contributed by atoms with Gasteiger partial charge in [-0.3, -0.25) is 0 Å². The number of hydrogen-bond acceptors (Lipinski definition) is 8. The van der Waals surface area contributed by atoms with E-state index in [2.05, 4.69) is 20.0 Å². The average molecular weight is 311 g/mol. The summed E-state index contributed by atoms with van der Waals surface area (Å²) in [6.45, 7) is 2.58. The van der Waals surface area contributed by atoms with Crippen LogP contribution in [0.4, 0.5) is 5.82 Å². The lowest BCUT2D eigenvalue weighted by atomic mass is 10.2. The van der Waals surface area contributed by atoms with Crippen LogP contribution in [0.2, 0.25) is 0 Å². The molecule has 1 saturated heterocycles. The maximum Gasteiger partial charge on any atom is 0.360 e. The Balaban J connectivity index is 1.87. The highest BCUT2D eigenvalue weighted by molar-refractivity contribution is 5.91. The normalized spacial score (nSPS) is 15.4. The smallest absolute Gasteiger partial charge is 0.360 e. The first-order valence-electron chi connectivity index (χ1n) is 7.16. The summed E-state index contributed by atoms with van der Waals surface area (Å²) in [6.07, 6.45) is 3.37. The number of nitrogens with one attached hydrogen (secondary N) is 1. The van der Waals surface area contributed by atoms with Gasteiger partial charge in [0.1, 0.15) is 6.33 Å². The van der Waals surface area contributed by atoms with Crippen molar-refractivity contribution in [3.63, 3.8) is 0 Å². The van der Waals surface area contributed by atoms with Crippen LogP contribution in [0.5, 0.6) is 5.75 Å². The highest BCUT2D eigenvalue weighted by Gasteiger charge is 2.19. The van der Waals surface area contributed by atoms with Crippen LogP contribution in [0, 0.1) is 0 Å². The molecule has 0 aromatic carbocycles. The molecule has 1 aliphatic rings. The summed E-state index contributed by atoms with van der Waals surface area (Å²) in [5, 5.41) is 3.08. The van der Waals surface area contributed by atoms with Crippen molar-refractivity contribution >= 4 is 11.8 Å². The highest BCUT2D eigenvalue weighted by Crippen LogP contribution is 2.24. The van der Waals surface area contributed by atoms with Crippen molar-refractivity contribution in [2.24, 2.45) is 0 Å². The first-order chi connectivity index (χ1) is 10.8. The van der Waals surface area contributed by atoms with Crippen LogP contribution in [0.25, 0.3) is 0 Å². The molecule has 0 atom stereocenters. The Morgan fingerprint density at radius 2 is 2.14 bits per heavy atom. The number of ether oxygens (including phenoxy) is 4. The summed E-state index contributed by atoms with van der Waals surface area (Å²) in [6, 6.07) is 0. The largest absolute Gasteiger partial charge is 0.491 e. The number of carbonyl (C=O) groups is 1. The van der Waals surface area contributed by atoms with Gasteiger partial charge in [0.2, 0.25) is 0 Å². The summed E-state index contributed by atoms with van der Waals surface area (Å²) in [5.41, 5.74) is 0.0906. The maximum absolute atomic E-state index is 11.6. The van der Waals surface area contributed by atoms with E-state index in [1.807, 2.05) is 0 Å². The van der Waals surface area contributed by atoms with Gasteiger partial charge in [-0.15, -0.1) is 0 Å². The molecule has 0 unspecified atom stereocenters. The second kappa shape index (κ2) is 8.50. The van der Waals surface area contributed by atoms with E-state index in [4.69, 9.17) is 14.2 Å². The van der Waals surface area contributed by atoms with E-state index >= 15 is 0 Å². The molecule has 0 bridgehead atoms. The standard InChI is InChI=1S/C14H21N3O5/c1-19-12-11(14(18)20-2)16-9-17-13(12)15-5-8-22-10-3-6-21-7-4-10/h9-10H,3-8H2,1-2H3,(H,15,16,17). The summed E-state index contributed by atoms with van der Waals surface area (Å²) in [4.78, 5) is 19.6. The summed E-state index contributed by atoms with van der Waals surface area (Å²) in [7, 11) is 2.74. The zero-order valence-electron chi connectivity index (χ0n) is 12.8. The lowest BCUT2D eigenvalue weighted by molar-refractivity contribution is -0.0283. The Labute approximate surface area is 129 Å². The monoisotopic (exact) mass is 311 g/mol. The fraction of sp³-hybridized carbons (Fsp3) is 0.643. The minimum Gasteiger partial charge on any atom is -0.491 e. The number of nitrogens with zero attached hydrogens (tertiary/aromatic N) is 2. The third-order valence-corrected chi connectivity index (χ3v) is 3.30. The Morgan fingerprint density at radius 1 is 1.36 bits per heavy atom. The van der Waals surface area contributed by atoms with Gasteiger partial charge in [-0.2, -0.15) is 0 Å². The minimum absolute atomic E-state index is 0.0906. The van der Waals surface area contributed by atoms with Gasteiger partial charge in [0.15, 0.2) is 17.3 Å². The van der Waals surface area contributed by atoms with Crippen LogP contribution in [0.1, 0.15) is 23.3 Å². The zero-order valence-corrected chi connectivity index (χ0v) is 12.8. The van der Waals surface area contributed by atoms with Crippen molar-refractivity contribution in [3.05, 3.63) is 12.0 Å². The third kappa shape index (κ3) is 4.28. The van der Waals surface area contributed by atoms with Crippen LogP contribution in [0.3, 0.4) is 0 Å². The first-order valence-corrected chi connectivity index (χ1v) is 7.16. The fourth-order valence-corrected chi connectivity index (χ4v) is 2.17. The molecule has 0 amide bonds. The van der Waals surface area contributed by atoms with Gasteiger partial charge in [-0.05, 0) is 12.8 Å². The molecule has 0 aliphatic carbocycles. The van der Waals surface area contributed by atoms with Crippen molar-refractivity contribution in [2.45, 2.75) is 18.9 Å². The van der Waals surface area contributed by atoms with E-state index in [9.17, 15) is 4.79 Å². The molecule has 1 aliphatic heterocycles. The van der Waals surface area contributed by atoms with Gasteiger partial charge in [0, 0.05) is 19.8 Å². The van der Waals surface area contributed by atoms with Crippen molar-refractivity contribution in [1.29, 1.82) is 0 Å². The number of esters is 1. The van der Waals surface area contributed by atoms with E-state index in [-0.39, 0.29) is 17.5 Å². The quantitative estimate of drug-likeness (QED) is 0.586. The Bertz CT molecular complexity index is 491. The van der Waals surface area contributed by atoms with E-state index in [1.165, 1.54) is 20.5 Å². The molecule has 8 heteroatoms. The van der Waals surface area contributed by atoms with Crippen molar-refractivity contribution in [2.75, 3.05) is 45.9 Å². The van der Waals surface area contributed by atoms with E-state index in [1.54, 1.807) is 0 Å². The number of hydrogen-bond donors (Lipinski definition) is 1. The van der Waals surface area contributed by atoms with Crippen molar-refractivity contribution in [1.82, 2.24) is 9.97 Å². The molecule has 2 heterocycles. The van der Waals surface area contributed by atoms with Gasteiger partial charge in [-0.25, -0.2) is 14.8 Å². The molecule has 122 valence electrons. The van der Waals surface area contributed by atoms with Crippen LogP contribution >= 0.6 is 0 Å². The molecule has 22 heavy (non-hydrogen) atoms. The molecule has 0 radical (unpaired) electrons. The van der Waals surface area contributed by atoms with Gasteiger partial charge >= 0.3 is 5.97 Å². The topological polar surface area (TPSA) is 91.8 Å². The molecule has 2 rings (SSSR count). The summed E-state index contributed by atoms with van der Waals surface area (Å²) in [5.74, 6) is 0.134. The van der Waals surface area contributed by atoms with Crippen LogP contribution in [-0.4, -0.2) is 62.6 Å². The van der Waals surface area contributed by atoms with E-state index in [0.29, 0.717) is 19.0 Å². The molecular weight excluding hydrogens is 290 g/mol. The molecule has 0 spiro atoms. The van der Waals surface area contributed by atoms with Gasteiger partial charge in [0.25, 0.3) is 0 Å². The Kier molecular flexibility index (Phi) is 6.35. The van der Waals surface area contributed by atoms with Crippen LogP contribution < -0.4 is 10.1 Å². The number of carbonyl (C=O) groups excluding carboxylic acids is 1. The number of aromatic nitrogens is 2. The Hall–Kier alpha value is -1.93. The SMILES string of the molecule is COC(=O)c1ncnc(NCCOC2CCOCC2)c1OC. The van der Waals surface area contributed by atoms with Gasteiger partial charge in [-0.1, -0.05) is 0 Å². The molecule has 1 N–H and O–H groups in total.